The summed E-state index contributed by atoms with van der Waals surface area (Å²) in [6, 6.07) is 4.19. The molecule has 0 unspecified atom stereocenters. The molecule has 0 spiro atoms. The average Bonchev–Trinajstić information content (AvgIpc) is 2.36. The summed E-state index contributed by atoms with van der Waals surface area (Å²) in [4.78, 5) is 13.8. The van der Waals surface area contributed by atoms with Crippen LogP contribution >= 0.6 is 0 Å². The van der Waals surface area contributed by atoms with E-state index in [1.165, 1.54) is 18.2 Å². The fourth-order valence-electron chi connectivity index (χ4n) is 1.57. The van der Waals surface area contributed by atoms with E-state index in [2.05, 4.69) is 5.32 Å². The van der Waals surface area contributed by atoms with Gasteiger partial charge in [-0.2, -0.15) is 0 Å². The zero-order valence-corrected chi connectivity index (χ0v) is 11.2. The first-order chi connectivity index (χ1) is 9.06. The van der Waals surface area contributed by atoms with Gasteiger partial charge in [-0.15, -0.1) is 0 Å². The molecule has 0 aliphatic carbocycles. The molecule has 0 saturated heterocycles. The highest BCUT2D eigenvalue weighted by molar-refractivity contribution is 5.99. The molecule has 0 aliphatic heterocycles. The maximum absolute atomic E-state index is 11.8. The van der Waals surface area contributed by atoms with Gasteiger partial charge in [-0.1, -0.05) is 6.07 Å². The molecule has 1 aromatic rings. The van der Waals surface area contributed by atoms with Crippen molar-refractivity contribution < 1.29 is 19.7 Å². The molecule has 0 bridgehead atoms. The fraction of sp³-hybridized carbons (Fsp3) is 0.462. The monoisotopic (exact) mass is 268 g/mol. The van der Waals surface area contributed by atoms with Gasteiger partial charge in [0.15, 0.2) is 0 Å². The van der Waals surface area contributed by atoms with Gasteiger partial charge in [0.2, 0.25) is 0 Å². The highest BCUT2D eigenvalue weighted by Crippen LogP contribution is 2.25. The molecule has 6 nitrogen and oxygen atoms in total. The van der Waals surface area contributed by atoms with Gasteiger partial charge in [0.05, 0.1) is 6.61 Å². The van der Waals surface area contributed by atoms with Gasteiger partial charge in [0.1, 0.15) is 17.1 Å². The van der Waals surface area contributed by atoms with Gasteiger partial charge >= 0.3 is 0 Å². The third-order valence-electron chi connectivity index (χ3n) is 2.70. The summed E-state index contributed by atoms with van der Waals surface area (Å²) in [7, 11) is 3.55. The van der Waals surface area contributed by atoms with Gasteiger partial charge in [0, 0.05) is 26.7 Å². The molecule has 1 aromatic carbocycles. The SMILES string of the molecule is COCCN(C)CCNC(=O)c1c(O)cccc1O. The number of rotatable bonds is 7. The normalized spacial score (nSPS) is 10.7. The van der Waals surface area contributed by atoms with Crippen molar-refractivity contribution in [1.82, 2.24) is 10.2 Å². The Bertz CT molecular complexity index is 403. The van der Waals surface area contributed by atoms with Crippen LogP contribution in [0.25, 0.3) is 0 Å². The number of hydrogen-bond donors (Lipinski definition) is 3. The lowest BCUT2D eigenvalue weighted by molar-refractivity contribution is 0.0942. The summed E-state index contributed by atoms with van der Waals surface area (Å²) in [6.07, 6.45) is 0. The predicted molar refractivity (Wildman–Crippen MR) is 71.5 cm³/mol. The Morgan fingerprint density at radius 1 is 1.32 bits per heavy atom. The van der Waals surface area contributed by atoms with Crippen LogP contribution in [0.1, 0.15) is 10.4 Å². The molecule has 0 atom stereocenters. The van der Waals surface area contributed by atoms with Crippen molar-refractivity contribution in [3.63, 3.8) is 0 Å². The van der Waals surface area contributed by atoms with Gasteiger partial charge in [-0.25, -0.2) is 0 Å². The quantitative estimate of drug-likeness (QED) is 0.667. The minimum Gasteiger partial charge on any atom is -0.507 e. The number of aromatic hydroxyl groups is 2. The Balaban J connectivity index is 2.44. The number of phenols is 2. The Kier molecular flexibility index (Phi) is 6.11. The van der Waals surface area contributed by atoms with Crippen LogP contribution in [0.3, 0.4) is 0 Å². The number of likely N-dealkylation sites (N-methyl/N-ethyl adjacent to an activating group) is 1. The lowest BCUT2D eigenvalue weighted by Crippen LogP contribution is -2.34. The molecule has 1 amide bonds. The van der Waals surface area contributed by atoms with E-state index >= 15 is 0 Å². The van der Waals surface area contributed by atoms with Crippen LogP contribution in [-0.4, -0.2) is 61.4 Å². The minimum absolute atomic E-state index is 0.0953. The van der Waals surface area contributed by atoms with E-state index in [9.17, 15) is 15.0 Å². The van der Waals surface area contributed by atoms with E-state index in [0.29, 0.717) is 19.7 Å². The first kappa shape index (κ1) is 15.3. The predicted octanol–water partition coefficient (Wildman–Crippen LogP) is 0.406. The first-order valence-corrected chi connectivity index (χ1v) is 6.03. The summed E-state index contributed by atoms with van der Waals surface area (Å²) in [5.41, 5.74) is -0.0953. The zero-order chi connectivity index (χ0) is 14.3. The Hall–Kier alpha value is -1.79. The third-order valence-corrected chi connectivity index (χ3v) is 2.70. The van der Waals surface area contributed by atoms with E-state index in [-0.39, 0.29) is 17.1 Å². The molecule has 0 fully saturated rings. The van der Waals surface area contributed by atoms with Crippen LogP contribution in [0.15, 0.2) is 18.2 Å². The summed E-state index contributed by atoms with van der Waals surface area (Å²) in [5.74, 6) is -0.953. The number of amides is 1. The van der Waals surface area contributed by atoms with Crippen LogP contribution in [0.2, 0.25) is 0 Å². The molecular formula is C13H20N2O4. The number of hydrogen-bond acceptors (Lipinski definition) is 5. The topological polar surface area (TPSA) is 82.0 Å². The van der Waals surface area contributed by atoms with Crippen molar-refractivity contribution in [2.45, 2.75) is 0 Å². The molecule has 106 valence electrons. The molecule has 19 heavy (non-hydrogen) atoms. The zero-order valence-electron chi connectivity index (χ0n) is 11.2. The van der Waals surface area contributed by atoms with Crippen molar-refractivity contribution in [1.29, 1.82) is 0 Å². The smallest absolute Gasteiger partial charge is 0.258 e. The van der Waals surface area contributed by atoms with Gasteiger partial charge in [-0.3, -0.25) is 4.79 Å². The number of carbonyl (C=O) groups excluding carboxylic acids is 1. The van der Waals surface area contributed by atoms with Crippen molar-refractivity contribution in [2.75, 3.05) is 40.4 Å². The Morgan fingerprint density at radius 3 is 2.53 bits per heavy atom. The molecule has 0 saturated carbocycles. The number of phenolic OH excluding ortho intramolecular Hbond substituents is 2. The summed E-state index contributed by atoms with van der Waals surface area (Å²) >= 11 is 0. The standard InChI is InChI=1S/C13H20N2O4/c1-15(8-9-19-2)7-6-14-13(18)12-10(16)4-3-5-11(12)17/h3-5,16-17H,6-9H2,1-2H3,(H,14,18). The van der Waals surface area contributed by atoms with Gasteiger partial charge < -0.3 is 25.2 Å². The summed E-state index contributed by atoms with van der Waals surface area (Å²) < 4.78 is 4.95. The van der Waals surface area contributed by atoms with Crippen molar-refractivity contribution in [3.05, 3.63) is 23.8 Å². The Morgan fingerprint density at radius 2 is 1.95 bits per heavy atom. The minimum atomic E-state index is -0.490. The van der Waals surface area contributed by atoms with Crippen LogP contribution in [0, 0.1) is 0 Å². The average molecular weight is 268 g/mol. The maximum atomic E-state index is 11.8. The number of carbonyl (C=O) groups is 1. The van der Waals surface area contributed by atoms with Crippen LogP contribution in [-0.2, 0) is 4.74 Å². The molecule has 6 heteroatoms. The van der Waals surface area contributed by atoms with Crippen LogP contribution < -0.4 is 5.32 Å². The summed E-state index contributed by atoms with van der Waals surface area (Å²) in [5, 5.41) is 21.7. The highest BCUT2D eigenvalue weighted by Gasteiger charge is 2.15. The number of nitrogens with one attached hydrogen (secondary N) is 1. The van der Waals surface area contributed by atoms with Crippen molar-refractivity contribution in [3.8, 4) is 11.5 Å². The maximum Gasteiger partial charge on any atom is 0.258 e. The lowest BCUT2D eigenvalue weighted by Gasteiger charge is -2.16. The number of methoxy groups -OCH3 is 1. The highest BCUT2D eigenvalue weighted by atomic mass is 16.5. The van der Waals surface area contributed by atoms with Gasteiger partial charge in [0.25, 0.3) is 5.91 Å². The molecule has 0 aromatic heterocycles. The number of nitrogens with zero attached hydrogens (tertiary/aromatic N) is 1. The van der Waals surface area contributed by atoms with Crippen LogP contribution in [0.5, 0.6) is 11.5 Å². The fourth-order valence-corrected chi connectivity index (χ4v) is 1.57. The van der Waals surface area contributed by atoms with Crippen molar-refractivity contribution >= 4 is 5.91 Å². The second kappa shape index (κ2) is 7.60. The molecule has 0 heterocycles. The van der Waals surface area contributed by atoms with Gasteiger partial charge in [-0.05, 0) is 19.2 Å². The second-order valence-electron chi connectivity index (χ2n) is 4.22. The van der Waals surface area contributed by atoms with E-state index in [0.717, 1.165) is 6.54 Å². The van der Waals surface area contributed by atoms with E-state index in [1.54, 1.807) is 7.11 Å². The lowest BCUT2D eigenvalue weighted by atomic mass is 10.1. The van der Waals surface area contributed by atoms with Crippen molar-refractivity contribution in [2.24, 2.45) is 0 Å². The molecule has 3 N–H and O–H groups in total. The largest absolute Gasteiger partial charge is 0.507 e. The van der Waals surface area contributed by atoms with E-state index in [1.807, 2.05) is 11.9 Å². The molecular weight excluding hydrogens is 248 g/mol. The van der Waals surface area contributed by atoms with Crippen LogP contribution in [0.4, 0.5) is 0 Å². The number of benzene rings is 1. The number of ether oxygens (including phenoxy) is 1. The Labute approximate surface area is 112 Å². The van der Waals surface area contributed by atoms with E-state index < -0.39 is 5.91 Å². The third kappa shape index (κ3) is 4.76. The first-order valence-electron chi connectivity index (χ1n) is 6.03. The summed E-state index contributed by atoms with van der Waals surface area (Å²) in [6.45, 7) is 2.48. The second-order valence-corrected chi connectivity index (χ2v) is 4.22. The molecule has 1 rings (SSSR count). The molecule has 0 aliphatic rings. The van der Waals surface area contributed by atoms with E-state index in [4.69, 9.17) is 4.74 Å². The molecule has 0 radical (unpaired) electrons.